The van der Waals surface area contributed by atoms with E-state index in [1.54, 1.807) is 0 Å². The molecule has 1 aliphatic heterocycles. The first kappa shape index (κ1) is 41.8. The summed E-state index contributed by atoms with van der Waals surface area (Å²) in [7, 11) is 0. The maximum Gasteiger partial charge on any atom is 0.305 e. The van der Waals surface area contributed by atoms with Gasteiger partial charge in [0.1, 0.15) is 0 Å². The van der Waals surface area contributed by atoms with E-state index in [1.807, 2.05) is 0 Å². The average Bonchev–Trinajstić information content (AvgIpc) is 3.49. The summed E-state index contributed by atoms with van der Waals surface area (Å²) in [6.45, 7) is 16.5. The number of aliphatic carboxylic acids is 1. The summed E-state index contributed by atoms with van der Waals surface area (Å²) in [6.07, 6.45) is 13.2. The Morgan fingerprint density at radius 2 is 1.41 bits per heavy atom. The Labute approximate surface area is 367 Å². The molecular weight excluding hydrogens is 766 g/mol. The predicted octanol–water partition coefficient (Wildman–Crippen LogP) is 14.5. The van der Waals surface area contributed by atoms with Gasteiger partial charge < -0.3 is 10.0 Å². The Kier molecular flexibility index (Phi) is 11.8. The fraction of sp³-hybridized carbons (Fsp3) is 0.246. The number of nitrogens with zero attached hydrogens (tertiary/aromatic N) is 1. The summed E-state index contributed by atoms with van der Waals surface area (Å²) in [5, 5.41) is 15.6. The lowest BCUT2D eigenvalue weighted by Crippen LogP contribution is -2.32. The van der Waals surface area contributed by atoms with Crippen LogP contribution >= 0.6 is 11.6 Å². The Hall–Kier alpha value is -5.90. The first-order valence-electron chi connectivity index (χ1n) is 21.7. The number of rotatable bonds is 12. The molecule has 2 aliphatic rings. The Bertz CT molecular complexity index is 2820. The van der Waals surface area contributed by atoms with Crippen molar-refractivity contribution in [2.24, 2.45) is 0 Å². The molecule has 6 aromatic carbocycles. The van der Waals surface area contributed by atoms with Gasteiger partial charge in [0.05, 0.1) is 6.42 Å². The summed E-state index contributed by atoms with van der Waals surface area (Å²) < 4.78 is 0. The zero-order valence-corrected chi connectivity index (χ0v) is 36.9. The molecule has 0 amide bonds. The minimum Gasteiger partial charge on any atom is -0.481 e. The number of fused-ring (bicyclic) bond motifs is 4. The second-order valence-corrected chi connectivity index (χ2v) is 18.0. The molecule has 0 fully saturated rings. The van der Waals surface area contributed by atoms with Crippen molar-refractivity contribution < 1.29 is 9.90 Å². The van der Waals surface area contributed by atoms with Gasteiger partial charge in [-0.15, -0.1) is 0 Å². The number of hydrogen-bond donors (Lipinski definition) is 1. The summed E-state index contributed by atoms with van der Waals surface area (Å²) in [6, 6.07) is 43.4. The second kappa shape index (κ2) is 17.2. The number of anilines is 1. The number of aryl methyl sites for hydroxylation is 3. The maximum atomic E-state index is 12.1. The van der Waals surface area contributed by atoms with E-state index in [0.717, 1.165) is 65.2 Å². The molecule has 2 atom stereocenters. The largest absolute Gasteiger partial charge is 0.481 e. The second-order valence-electron chi connectivity index (χ2n) is 17.6. The number of halogens is 1. The highest BCUT2D eigenvalue weighted by Crippen LogP contribution is 2.53. The van der Waals surface area contributed by atoms with Crippen LogP contribution in [0.3, 0.4) is 0 Å². The molecule has 4 heteroatoms. The van der Waals surface area contributed by atoms with E-state index in [1.165, 1.54) is 60.5 Å². The molecule has 6 aromatic rings. The number of hydrogen-bond acceptors (Lipinski definition) is 2. The van der Waals surface area contributed by atoms with Crippen molar-refractivity contribution in [2.75, 3.05) is 11.4 Å². The predicted molar refractivity (Wildman–Crippen MR) is 258 cm³/mol. The van der Waals surface area contributed by atoms with Gasteiger partial charge in [-0.1, -0.05) is 159 Å². The molecular formula is C57H56ClNO2. The first-order chi connectivity index (χ1) is 29.4. The van der Waals surface area contributed by atoms with Crippen molar-refractivity contribution in [3.05, 3.63) is 219 Å². The quantitative estimate of drug-likeness (QED) is 0.125. The van der Waals surface area contributed by atoms with E-state index in [0.29, 0.717) is 6.54 Å². The first-order valence-corrected chi connectivity index (χ1v) is 22.0. The topological polar surface area (TPSA) is 40.5 Å². The molecule has 0 bridgehead atoms. The lowest BCUT2D eigenvalue weighted by atomic mass is 9.68. The monoisotopic (exact) mass is 821 g/mol. The Morgan fingerprint density at radius 1 is 0.787 bits per heavy atom. The smallest absolute Gasteiger partial charge is 0.305 e. The van der Waals surface area contributed by atoms with Gasteiger partial charge in [-0.2, -0.15) is 0 Å². The normalized spacial score (nSPS) is 19.0. The zero-order valence-electron chi connectivity index (χ0n) is 36.2. The molecule has 0 saturated heterocycles. The van der Waals surface area contributed by atoms with Crippen LogP contribution in [0.1, 0.15) is 78.5 Å². The third-order valence-electron chi connectivity index (χ3n) is 13.5. The van der Waals surface area contributed by atoms with E-state index >= 15 is 0 Å². The van der Waals surface area contributed by atoms with Crippen LogP contribution in [0, 0.1) is 20.8 Å². The molecule has 0 aromatic heterocycles. The van der Waals surface area contributed by atoms with Gasteiger partial charge >= 0.3 is 5.97 Å². The van der Waals surface area contributed by atoms with Gasteiger partial charge in [0.2, 0.25) is 0 Å². The third-order valence-corrected chi connectivity index (χ3v) is 14.0. The molecule has 1 aliphatic carbocycles. The number of carboxylic acid groups (broad SMARTS) is 1. The molecule has 1 N–H and O–H groups in total. The minimum absolute atomic E-state index is 0.0289. The van der Waals surface area contributed by atoms with Gasteiger partial charge in [0, 0.05) is 33.8 Å². The van der Waals surface area contributed by atoms with Gasteiger partial charge in [0.15, 0.2) is 0 Å². The minimum atomic E-state index is -0.811. The van der Waals surface area contributed by atoms with E-state index in [4.69, 9.17) is 18.2 Å². The molecule has 3 nitrogen and oxygen atoms in total. The average molecular weight is 823 g/mol. The molecule has 0 radical (unpaired) electrons. The van der Waals surface area contributed by atoms with Crippen LogP contribution < -0.4 is 4.90 Å². The third kappa shape index (κ3) is 8.05. The molecule has 0 spiro atoms. The number of allylic oxidation sites excluding steroid dienone is 9. The molecule has 1 heterocycles. The highest BCUT2D eigenvalue weighted by molar-refractivity contribution is 6.32. The van der Waals surface area contributed by atoms with Crippen molar-refractivity contribution in [3.8, 4) is 0 Å². The van der Waals surface area contributed by atoms with Crippen LogP contribution in [0.4, 0.5) is 5.69 Å². The van der Waals surface area contributed by atoms with Crippen LogP contribution in [-0.2, 0) is 28.5 Å². The van der Waals surface area contributed by atoms with Crippen LogP contribution in [0.2, 0.25) is 0 Å². The van der Waals surface area contributed by atoms with Crippen LogP contribution in [0.5, 0.6) is 0 Å². The number of carboxylic acids is 1. The van der Waals surface area contributed by atoms with E-state index in [9.17, 15) is 9.90 Å². The number of benzene rings is 6. The van der Waals surface area contributed by atoms with E-state index < -0.39 is 11.4 Å². The lowest BCUT2D eigenvalue weighted by molar-refractivity contribution is -0.136. The van der Waals surface area contributed by atoms with Crippen molar-refractivity contribution in [1.82, 2.24) is 0 Å². The fourth-order valence-corrected chi connectivity index (χ4v) is 10.5. The Morgan fingerprint density at radius 3 is 2.11 bits per heavy atom. The number of carbonyl (C=O) groups is 1. The van der Waals surface area contributed by atoms with Crippen LogP contribution in [0.25, 0.3) is 21.5 Å². The molecule has 61 heavy (non-hydrogen) atoms. The van der Waals surface area contributed by atoms with E-state index in [-0.39, 0.29) is 11.8 Å². The van der Waals surface area contributed by atoms with Crippen molar-refractivity contribution in [1.29, 1.82) is 0 Å². The van der Waals surface area contributed by atoms with Crippen LogP contribution in [-0.4, -0.2) is 17.6 Å². The molecule has 8 rings (SSSR count). The summed E-state index contributed by atoms with van der Waals surface area (Å²) in [4.78, 5) is 14.4. The highest BCUT2D eigenvalue weighted by Gasteiger charge is 2.45. The van der Waals surface area contributed by atoms with Gasteiger partial charge in [0.25, 0.3) is 0 Å². The summed E-state index contributed by atoms with van der Waals surface area (Å²) >= 11 is 7.44. The van der Waals surface area contributed by atoms with Gasteiger partial charge in [-0.3, -0.25) is 4.79 Å². The van der Waals surface area contributed by atoms with Crippen LogP contribution in [0.15, 0.2) is 180 Å². The summed E-state index contributed by atoms with van der Waals surface area (Å²) in [5.74, 6) is -0.811. The SMILES string of the molecule is C=C(/C=C/C1=C(Cl)C(=C/C=C2/N(CCC(=O)O)c3ccc4ccccc4c3C2(C)Cc2ccccc2C)/CCC1)C(C)(Cc1ccccc1C)c1c(C)ccc2ccccc12. The lowest BCUT2D eigenvalue weighted by Gasteiger charge is -2.35. The standard InChI is InChI=1S/C57H56ClNO2/c1-38-16-7-9-20-46(38)36-56(5,53-40(3)26-28-42-18-11-13-24-48(42)53)41(4)27-29-44-22-15-23-45(55(44)58)31-33-51-57(6,37-47-21-10-8-17-39(47)2)54-49-25-14-12-19-43(49)30-32-50(54)59(51)35-34-52(60)61/h7-14,16-21,24-33H,4,15,22-23,34-37H2,1-3,5-6H3,(H,60,61)/b29-27+,45-31+,51-33+. The van der Waals surface area contributed by atoms with Crippen molar-refractivity contribution >= 4 is 44.8 Å². The van der Waals surface area contributed by atoms with Crippen molar-refractivity contribution in [2.45, 2.75) is 84.0 Å². The maximum absolute atomic E-state index is 12.1. The highest BCUT2D eigenvalue weighted by atomic mass is 35.5. The Balaban J connectivity index is 1.21. The van der Waals surface area contributed by atoms with E-state index in [2.05, 4.69) is 185 Å². The fourth-order valence-electron chi connectivity index (χ4n) is 10.1. The zero-order chi connectivity index (χ0) is 42.9. The van der Waals surface area contributed by atoms with Gasteiger partial charge in [-0.05, 0) is 149 Å². The van der Waals surface area contributed by atoms with Gasteiger partial charge in [-0.25, -0.2) is 0 Å². The van der Waals surface area contributed by atoms with Crippen molar-refractivity contribution in [3.63, 3.8) is 0 Å². The summed E-state index contributed by atoms with van der Waals surface area (Å²) in [5.41, 5.74) is 13.5. The molecule has 2 unspecified atom stereocenters. The molecule has 0 saturated carbocycles. The molecule has 308 valence electrons.